The van der Waals surface area contributed by atoms with Crippen LogP contribution in [-0.2, 0) is 11.8 Å². The van der Waals surface area contributed by atoms with E-state index in [9.17, 15) is 5.11 Å². The Morgan fingerprint density at radius 3 is 2.64 bits per heavy atom. The van der Waals surface area contributed by atoms with Crippen LogP contribution >= 0.6 is 15.9 Å². The normalized spacial score (nSPS) is 31.8. The highest BCUT2D eigenvalue weighted by molar-refractivity contribution is 9.10. The number of benzene rings is 2. The van der Waals surface area contributed by atoms with Gasteiger partial charge in [0.2, 0.25) is 0 Å². The molecule has 2 aromatic rings. The second-order valence-corrected chi connectivity index (χ2v) is 10.2. The Balaban J connectivity index is 1.59. The summed E-state index contributed by atoms with van der Waals surface area (Å²) in [6.07, 6.45) is 7.51. The summed E-state index contributed by atoms with van der Waals surface area (Å²) in [5.41, 5.74) is 5.21. The van der Waals surface area contributed by atoms with Crippen molar-refractivity contribution >= 4 is 27.3 Å². The van der Waals surface area contributed by atoms with Crippen LogP contribution in [0.3, 0.4) is 0 Å². The zero-order valence-electron chi connectivity index (χ0n) is 16.8. The maximum absolute atomic E-state index is 10.9. The summed E-state index contributed by atoms with van der Waals surface area (Å²) < 4.78 is 1.05. The Morgan fingerprint density at radius 1 is 1.11 bits per heavy atom. The lowest BCUT2D eigenvalue weighted by molar-refractivity contribution is -0.0735. The van der Waals surface area contributed by atoms with E-state index in [2.05, 4.69) is 52.3 Å². The number of fused-ring (bicyclic) bond motifs is 1. The Kier molecular flexibility index (Phi) is 4.29. The van der Waals surface area contributed by atoms with Gasteiger partial charge in [-0.15, -0.1) is 0 Å². The summed E-state index contributed by atoms with van der Waals surface area (Å²) >= 11 is 3.48. The standard InChI is InChI=1S/C24H29BrN2O/c1-23-9-3-4-10-24(23)11-12-27(2)22(23)14-16-13-20(21(28)15-19(16)24)26-18-7-5-17(25)6-8-18/h5-8,13,15,22,26,28H,3-4,9-12,14H2,1-2H3/t22-,23+,24+/m0/s1. The smallest absolute Gasteiger partial charge is 0.139 e. The van der Waals surface area contributed by atoms with Crippen LogP contribution in [-0.4, -0.2) is 29.6 Å². The number of hydrogen-bond acceptors (Lipinski definition) is 3. The van der Waals surface area contributed by atoms with Crippen LogP contribution in [0.25, 0.3) is 0 Å². The molecule has 2 aromatic carbocycles. The molecule has 0 spiro atoms. The van der Waals surface area contributed by atoms with Crippen molar-refractivity contribution in [1.82, 2.24) is 4.90 Å². The molecular formula is C24H29BrN2O. The lowest BCUT2D eigenvalue weighted by Crippen LogP contribution is -2.66. The highest BCUT2D eigenvalue weighted by atomic mass is 79.9. The van der Waals surface area contributed by atoms with Gasteiger partial charge in [0, 0.05) is 21.6 Å². The van der Waals surface area contributed by atoms with Crippen molar-refractivity contribution in [2.75, 3.05) is 18.9 Å². The van der Waals surface area contributed by atoms with Gasteiger partial charge in [-0.3, -0.25) is 0 Å². The van der Waals surface area contributed by atoms with Crippen LogP contribution in [0.5, 0.6) is 5.75 Å². The molecule has 2 aliphatic carbocycles. The molecule has 1 saturated carbocycles. The lowest BCUT2D eigenvalue weighted by Gasteiger charge is -2.65. The van der Waals surface area contributed by atoms with Crippen molar-refractivity contribution in [3.05, 3.63) is 52.0 Å². The molecule has 4 heteroatoms. The van der Waals surface area contributed by atoms with Crippen molar-refractivity contribution in [2.45, 2.75) is 56.9 Å². The third-order valence-corrected chi connectivity index (χ3v) is 8.60. The van der Waals surface area contributed by atoms with E-state index in [-0.39, 0.29) is 5.41 Å². The van der Waals surface area contributed by atoms with Gasteiger partial charge in [-0.2, -0.15) is 0 Å². The molecule has 148 valence electrons. The van der Waals surface area contributed by atoms with Gasteiger partial charge in [-0.1, -0.05) is 35.7 Å². The van der Waals surface area contributed by atoms with Crippen LogP contribution in [0.2, 0.25) is 0 Å². The number of likely N-dealkylation sites (tertiary alicyclic amines) is 1. The molecule has 0 aromatic heterocycles. The van der Waals surface area contributed by atoms with Gasteiger partial charge in [-0.25, -0.2) is 0 Å². The molecule has 0 amide bonds. The number of likely N-dealkylation sites (N-methyl/N-ethyl adjacent to an activating group) is 1. The van der Waals surface area contributed by atoms with E-state index in [4.69, 9.17) is 0 Å². The van der Waals surface area contributed by atoms with E-state index < -0.39 is 0 Å². The van der Waals surface area contributed by atoms with Crippen LogP contribution in [0.15, 0.2) is 40.9 Å². The summed E-state index contributed by atoms with van der Waals surface area (Å²) in [4.78, 5) is 2.60. The van der Waals surface area contributed by atoms with Crippen LogP contribution in [0.1, 0.15) is 50.2 Å². The van der Waals surface area contributed by atoms with E-state index in [0.717, 1.165) is 22.3 Å². The predicted octanol–water partition coefficient (Wildman–Crippen LogP) is 5.98. The number of phenols is 1. The van der Waals surface area contributed by atoms with Gasteiger partial charge in [0.15, 0.2) is 0 Å². The van der Waals surface area contributed by atoms with Gasteiger partial charge < -0.3 is 15.3 Å². The molecule has 3 nitrogen and oxygen atoms in total. The van der Waals surface area contributed by atoms with E-state index in [1.165, 1.54) is 49.8 Å². The maximum atomic E-state index is 10.9. The van der Waals surface area contributed by atoms with Gasteiger partial charge >= 0.3 is 0 Å². The molecule has 3 atom stereocenters. The Hall–Kier alpha value is -1.52. The van der Waals surface area contributed by atoms with Crippen molar-refractivity contribution in [3.63, 3.8) is 0 Å². The minimum Gasteiger partial charge on any atom is -0.506 e. The third kappa shape index (κ3) is 2.57. The molecule has 3 aliphatic rings. The van der Waals surface area contributed by atoms with E-state index in [0.29, 0.717) is 17.2 Å². The zero-order chi connectivity index (χ0) is 19.5. The van der Waals surface area contributed by atoms with Crippen molar-refractivity contribution in [3.8, 4) is 5.75 Å². The van der Waals surface area contributed by atoms with Crippen LogP contribution in [0.4, 0.5) is 11.4 Å². The van der Waals surface area contributed by atoms with Gasteiger partial charge in [0.05, 0.1) is 5.69 Å². The first-order valence-electron chi connectivity index (χ1n) is 10.5. The molecule has 5 rings (SSSR count). The minimum absolute atomic E-state index is 0.226. The predicted molar refractivity (Wildman–Crippen MR) is 119 cm³/mol. The van der Waals surface area contributed by atoms with E-state index in [1.54, 1.807) is 0 Å². The van der Waals surface area contributed by atoms with Crippen molar-refractivity contribution in [2.24, 2.45) is 5.41 Å². The Morgan fingerprint density at radius 2 is 1.86 bits per heavy atom. The summed E-state index contributed by atoms with van der Waals surface area (Å²) in [6, 6.07) is 13.0. The SMILES string of the molecule is CN1CC[C@@]23CCCC[C@]2(C)[C@@H]1Cc1cc(Nc2ccc(Br)cc2)c(O)cc13. The van der Waals surface area contributed by atoms with Crippen LogP contribution in [0, 0.1) is 5.41 Å². The average Bonchev–Trinajstić information content (AvgIpc) is 2.68. The van der Waals surface area contributed by atoms with E-state index >= 15 is 0 Å². The number of rotatable bonds is 2. The summed E-state index contributed by atoms with van der Waals surface area (Å²) in [5, 5.41) is 14.3. The number of halogens is 1. The molecule has 2 N–H and O–H groups in total. The van der Waals surface area contributed by atoms with Crippen molar-refractivity contribution in [1.29, 1.82) is 0 Å². The second-order valence-electron chi connectivity index (χ2n) is 9.32. The molecule has 2 bridgehead atoms. The lowest BCUT2D eigenvalue weighted by atomic mass is 9.45. The summed E-state index contributed by atoms with van der Waals surface area (Å²) in [5.74, 6) is 0.376. The topological polar surface area (TPSA) is 35.5 Å². The third-order valence-electron chi connectivity index (χ3n) is 8.08. The number of piperidine rings is 1. The number of aromatic hydroxyl groups is 1. The fraction of sp³-hybridized carbons (Fsp3) is 0.500. The maximum Gasteiger partial charge on any atom is 0.139 e. The zero-order valence-corrected chi connectivity index (χ0v) is 18.3. The molecule has 0 radical (unpaired) electrons. The molecular weight excluding hydrogens is 412 g/mol. The fourth-order valence-electron chi connectivity index (χ4n) is 6.55. The second kappa shape index (κ2) is 6.50. The first-order valence-corrected chi connectivity index (χ1v) is 11.3. The molecule has 1 saturated heterocycles. The highest BCUT2D eigenvalue weighted by Gasteiger charge is 2.60. The fourth-order valence-corrected chi connectivity index (χ4v) is 6.82. The number of nitrogens with one attached hydrogen (secondary N) is 1. The minimum atomic E-state index is 0.226. The molecule has 1 aliphatic heterocycles. The quantitative estimate of drug-likeness (QED) is 0.563. The number of anilines is 2. The van der Waals surface area contributed by atoms with Gasteiger partial charge in [0.25, 0.3) is 0 Å². The van der Waals surface area contributed by atoms with Gasteiger partial charge in [0.1, 0.15) is 5.75 Å². The van der Waals surface area contributed by atoms with E-state index in [1.807, 2.05) is 24.3 Å². The summed E-state index contributed by atoms with van der Waals surface area (Å²) in [7, 11) is 2.31. The summed E-state index contributed by atoms with van der Waals surface area (Å²) in [6.45, 7) is 3.69. The molecule has 2 fully saturated rings. The number of phenolic OH excluding ortho intramolecular Hbond substituents is 1. The number of hydrogen-bond donors (Lipinski definition) is 2. The average molecular weight is 441 g/mol. The van der Waals surface area contributed by atoms with Crippen LogP contribution < -0.4 is 5.32 Å². The monoisotopic (exact) mass is 440 g/mol. The molecule has 0 unspecified atom stereocenters. The Labute approximate surface area is 176 Å². The molecule has 28 heavy (non-hydrogen) atoms. The highest BCUT2D eigenvalue weighted by Crippen LogP contribution is 2.63. The largest absolute Gasteiger partial charge is 0.506 e. The molecule has 1 heterocycles. The first-order chi connectivity index (χ1) is 13.4. The Bertz CT molecular complexity index is 912. The van der Waals surface area contributed by atoms with Crippen molar-refractivity contribution < 1.29 is 5.11 Å². The number of nitrogens with zero attached hydrogens (tertiary/aromatic N) is 1. The van der Waals surface area contributed by atoms with Gasteiger partial charge in [-0.05, 0) is 92.2 Å². The first kappa shape index (κ1) is 18.5.